The van der Waals surface area contributed by atoms with Crippen molar-refractivity contribution in [3.8, 4) is 5.75 Å². The predicted octanol–water partition coefficient (Wildman–Crippen LogP) is 3.47. The van der Waals surface area contributed by atoms with Gasteiger partial charge in [0.15, 0.2) is 11.9 Å². The molecule has 0 heterocycles. The lowest BCUT2D eigenvalue weighted by molar-refractivity contribution is -0.123. The Labute approximate surface area is 152 Å². The summed E-state index contributed by atoms with van der Waals surface area (Å²) in [5.41, 5.74) is 1.28. The van der Waals surface area contributed by atoms with Gasteiger partial charge in [0, 0.05) is 11.3 Å². The van der Waals surface area contributed by atoms with Crippen molar-refractivity contribution in [3.05, 3.63) is 59.7 Å². The van der Waals surface area contributed by atoms with E-state index in [0.29, 0.717) is 29.2 Å². The molecule has 2 aromatic rings. The number of ketones is 1. The number of hydrogen-bond donors (Lipinski definition) is 1. The number of ether oxygens (including phenoxy) is 2. The zero-order valence-corrected chi connectivity index (χ0v) is 14.9. The van der Waals surface area contributed by atoms with Crippen molar-refractivity contribution >= 4 is 23.3 Å². The minimum absolute atomic E-state index is 0.101. The summed E-state index contributed by atoms with van der Waals surface area (Å²) in [6.45, 7) is 5.33. The van der Waals surface area contributed by atoms with Gasteiger partial charge in [0.1, 0.15) is 5.75 Å². The molecule has 1 N–H and O–H groups in total. The van der Waals surface area contributed by atoms with E-state index >= 15 is 0 Å². The van der Waals surface area contributed by atoms with E-state index < -0.39 is 18.0 Å². The second-order valence-electron chi connectivity index (χ2n) is 5.63. The van der Waals surface area contributed by atoms with Crippen LogP contribution in [0.4, 0.5) is 5.69 Å². The Hall–Kier alpha value is -3.15. The monoisotopic (exact) mass is 355 g/mol. The van der Waals surface area contributed by atoms with E-state index in [1.807, 2.05) is 6.92 Å². The molecule has 136 valence electrons. The Morgan fingerprint density at radius 2 is 1.73 bits per heavy atom. The third-order valence-corrected chi connectivity index (χ3v) is 3.59. The fourth-order valence-electron chi connectivity index (χ4n) is 2.20. The molecule has 0 spiro atoms. The van der Waals surface area contributed by atoms with Crippen LogP contribution in [0.25, 0.3) is 0 Å². The Kier molecular flexibility index (Phi) is 6.49. The largest absolute Gasteiger partial charge is 0.494 e. The molecule has 0 radical (unpaired) electrons. The van der Waals surface area contributed by atoms with Crippen LogP contribution in [0.15, 0.2) is 48.5 Å². The van der Waals surface area contributed by atoms with Gasteiger partial charge in [0.05, 0.1) is 12.2 Å². The normalized spacial score (nSPS) is 11.3. The third kappa shape index (κ3) is 5.17. The molecule has 0 saturated heterocycles. The van der Waals surface area contributed by atoms with E-state index in [-0.39, 0.29) is 5.78 Å². The van der Waals surface area contributed by atoms with Crippen LogP contribution in [0.5, 0.6) is 5.75 Å². The minimum Gasteiger partial charge on any atom is -0.494 e. The number of amides is 1. The molecule has 0 bridgehead atoms. The Morgan fingerprint density at radius 3 is 2.35 bits per heavy atom. The highest BCUT2D eigenvalue weighted by Gasteiger charge is 2.19. The molecule has 0 aliphatic carbocycles. The summed E-state index contributed by atoms with van der Waals surface area (Å²) in [4.78, 5) is 35.7. The molecular weight excluding hydrogens is 334 g/mol. The first-order chi connectivity index (χ1) is 12.4. The van der Waals surface area contributed by atoms with Crippen LogP contribution in [0.2, 0.25) is 0 Å². The molecule has 2 rings (SSSR count). The summed E-state index contributed by atoms with van der Waals surface area (Å²) >= 11 is 0. The van der Waals surface area contributed by atoms with Crippen LogP contribution < -0.4 is 10.1 Å². The van der Waals surface area contributed by atoms with Crippen LogP contribution in [0, 0.1) is 0 Å². The Morgan fingerprint density at radius 1 is 1.04 bits per heavy atom. The molecular formula is C20H21NO5. The molecule has 6 heteroatoms. The molecule has 0 saturated carbocycles. The smallest absolute Gasteiger partial charge is 0.338 e. The first-order valence-corrected chi connectivity index (χ1v) is 8.26. The molecule has 0 aliphatic rings. The van der Waals surface area contributed by atoms with Crippen LogP contribution in [0.3, 0.4) is 0 Å². The van der Waals surface area contributed by atoms with E-state index in [0.717, 1.165) is 0 Å². The average Bonchev–Trinajstić information content (AvgIpc) is 2.62. The van der Waals surface area contributed by atoms with Gasteiger partial charge in [-0.2, -0.15) is 0 Å². The minimum atomic E-state index is -0.991. The molecule has 0 aliphatic heterocycles. The van der Waals surface area contributed by atoms with Gasteiger partial charge in [-0.15, -0.1) is 0 Å². The van der Waals surface area contributed by atoms with Gasteiger partial charge in [-0.25, -0.2) is 4.79 Å². The molecule has 2 aromatic carbocycles. The predicted molar refractivity (Wildman–Crippen MR) is 97.6 cm³/mol. The molecule has 1 atom stereocenters. The maximum absolute atomic E-state index is 12.2. The van der Waals surface area contributed by atoms with Crippen molar-refractivity contribution in [2.75, 3.05) is 11.9 Å². The van der Waals surface area contributed by atoms with E-state index in [2.05, 4.69) is 5.32 Å². The van der Waals surface area contributed by atoms with E-state index in [9.17, 15) is 14.4 Å². The number of carbonyl (C=O) groups excluding carboxylic acids is 3. The highest BCUT2D eigenvalue weighted by atomic mass is 16.5. The van der Waals surface area contributed by atoms with Crippen molar-refractivity contribution < 1.29 is 23.9 Å². The van der Waals surface area contributed by atoms with E-state index in [1.165, 1.54) is 13.8 Å². The van der Waals surface area contributed by atoms with Crippen LogP contribution in [0.1, 0.15) is 41.5 Å². The maximum Gasteiger partial charge on any atom is 0.338 e. The zero-order chi connectivity index (χ0) is 19.1. The molecule has 1 amide bonds. The summed E-state index contributed by atoms with van der Waals surface area (Å²) < 4.78 is 10.5. The van der Waals surface area contributed by atoms with E-state index in [1.54, 1.807) is 48.5 Å². The number of carbonyl (C=O) groups is 3. The standard InChI is InChI=1S/C20H21NO5/c1-4-25-18-10-8-15(9-11-18)20(24)26-14(3)19(23)21-17-7-5-6-16(12-17)13(2)22/h5-12,14H,4H2,1-3H3,(H,21,23)/t14-/m1/s1. The van der Waals surface area contributed by atoms with Gasteiger partial charge >= 0.3 is 5.97 Å². The van der Waals surface area contributed by atoms with E-state index in [4.69, 9.17) is 9.47 Å². The van der Waals surface area contributed by atoms with Crippen molar-refractivity contribution in [2.45, 2.75) is 26.9 Å². The third-order valence-electron chi connectivity index (χ3n) is 3.59. The first-order valence-electron chi connectivity index (χ1n) is 8.26. The summed E-state index contributed by atoms with van der Waals surface area (Å²) in [6, 6.07) is 13.0. The van der Waals surface area contributed by atoms with Gasteiger partial charge in [-0.3, -0.25) is 9.59 Å². The Balaban J connectivity index is 1.96. The summed E-state index contributed by atoms with van der Waals surface area (Å²) in [5.74, 6) is -0.533. The topological polar surface area (TPSA) is 81.7 Å². The number of nitrogens with one attached hydrogen (secondary N) is 1. The number of Topliss-reactive ketones (excluding diaryl/α,β-unsaturated/α-hetero) is 1. The van der Waals surface area contributed by atoms with Gasteiger partial charge in [0.25, 0.3) is 5.91 Å². The highest BCUT2D eigenvalue weighted by molar-refractivity contribution is 5.99. The number of benzene rings is 2. The zero-order valence-electron chi connectivity index (χ0n) is 14.9. The van der Waals surface area contributed by atoms with Crippen molar-refractivity contribution in [3.63, 3.8) is 0 Å². The lowest BCUT2D eigenvalue weighted by Gasteiger charge is -2.14. The molecule has 6 nitrogen and oxygen atoms in total. The molecule has 0 unspecified atom stereocenters. The summed E-state index contributed by atoms with van der Waals surface area (Å²) in [5, 5.41) is 2.63. The van der Waals surface area contributed by atoms with Gasteiger partial charge in [0.2, 0.25) is 0 Å². The number of esters is 1. The van der Waals surface area contributed by atoms with Crippen molar-refractivity contribution in [1.82, 2.24) is 0 Å². The first kappa shape index (κ1) is 19.2. The van der Waals surface area contributed by atoms with Crippen LogP contribution >= 0.6 is 0 Å². The second-order valence-corrected chi connectivity index (χ2v) is 5.63. The molecule has 0 fully saturated rings. The maximum atomic E-state index is 12.2. The van der Waals surface area contributed by atoms with Crippen LogP contribution in [-0.4, -0.2) is 30.4 Å². The SMILES string of the molecule is CCOc1ccc(C(=O)O[C@H](C)C(=O)Nc2cccc(C(C)=O)c2)cc1. The second kappa shape index (κ2) is 8.80. The van der Waals surface area contributed by atoms with Gasteiger partial charge in [-0.1, -0.05) is 12.1 Å². The van der Waals surface area contributed by atoms with Crippen LogP contribution in [-0.2, 0) is 9.53 Å². The number of hydrogen-bond acceptors (Lipinski definition) is 5. The Bertz CT molecular complexity index is 798. The van der Waals surface area contributed by atoms with Crippen molar-refractivity contribution in [1.29, 1.82) is 0 Å². The fraction of sp³-hybridized carbons (Fsp3) is 0.250. The number of rotatable bonds is 7. The average molecular weight is 355 g/mol. The highest BCUT2D eigenvalue weighted by Crippen LogP contribution is 2.15. The summed E-state index contributed by atoms with van der Waals surface area (Å²) in [6.07, 6.45) is -0.991. The molecule has 0 aromatic heterocycles. The van der Waals surface area contributed by atoms with Gasteiger partial charge in [-0.05, 0) is 57.2 Å². The molecule has 26 heavy (non-hydrogen) atoms. The lowest BCUT2D eigenvalue weighted by atomic mass is 10.1. The lowest BCUT2D eigenvalue weighted by Crippen LogP contribution is -2.30. The van der Waals surface area contributed by atoms with Crippen molar-refractivity contribution in [2.24, 2.45) is 0 Å². The number of anilines is 1. The fourth-order valence-corrected chi connectivity index (χ4v) is 2.20. The quantitative estimate of drug-likeness (QED) is 0.607. The summed E-state index contributed by atoms with van der Waals surface area (Å²) in [7, 11) is 0. The van der Waals surface area contributed by atoms with Gasteiger partial charge < -0.3 is 14.8 Å².